The molecule has 3 heterocycles. The molecule has 1 N–H and O–H groups in total. The van der Waals surface area contributed by atoms with E-state index in [4.69, 9.17) is 14.5 Å². The average molecular weight is 332 g/mol. The number of aromatic amines is 1. The summed E-state index contributed by atoms with van der Waals surface area (Å²) >= 11 is 0. The van der Waals surface area contributed by atoms with E-state index in [9.17, 15) is 0 Å². The second-order valence-corrected chi connectivity index (χ2v) is 5.49. The van der Waals surface area contributed by atoms with Crippen LogP contribution in [-0.2, 0) is 0 Å². The standard InChI is InChI=1S/C19H16N4O2/c1-24-18-10-14-13(12-3-6-20-7-4-12)9-17(15-5-8-21-23-15)22-16(14)11-19(18)25-2/h3-11H,1-2H3,(H,21,23). The van der Waals surface area contributed by atoms with Crippen LogP contribution in [-0.4, -0.2) is 34.4 Å². The summed E-state index contributed by atoms with van der Waals surface area (Å²) in [4.78, 5) is 8.87. The number of nitrogens with zero attached hydrogens (tertiary/aromatic N) is 3. The van der Waals surface area contributed by atoms with E-state index in [1.807, 2.05) is 36.4 Å². The maximum atomic E-state index is 5.46. The number of aromatic nitrogens is 4. The lowest BCUT2D eigenvalue weighted by molar-refractivity contribution is 0.356. The van der Waals surface area contributed by atoms with E-state index in [0.29, 0.717) is 11.5 Å². The molecule has 0 saturated carbocycles. The zero-order valence-electron chi connectivity index (χ0n) is 13.9. The first-order valence-corrected chi connectivity index (χ1v) is 7.77. The maximum absolute atomic E-state index is 5.46. The molecule has 0 aliphatic carbocycles. The third kappa shape index (κ3) is 2.67. The van der Waals surface area contributed by atoms with Gasteiger partial charge in [0.25, 0.3) is 0 Å². The second-order valence-electron chi connectivity index (χ2n) is 5.49. The minimum atomic E-state index is 0.643. The van der Waals surface area contributed by atoms with Gasteiger partial charge in [-0.15, -0.1) is 0 Å². The highest BCUT2D eigenvalue weighted by molar-refractivity contribution is 5.98. The van der Waals surface area contributed by atoms with Gasteiger partial charge in [0, 0.05) is 30.0 Å². The van der Waals surface area contributed by atoms with Crippen molar-refractivity contribution in [2.24, 2.45) is 0 Å². The zero-order chi connectivity index (χ0) is 17.2. The number of ether oxygens (including phenoxy) is 2. The number of fused-ring (bicyclic) bond motifs is 1. The van der Waals surface area contributed by atoms with E-state index in [2.05, 4.69) is 15.2 Å². The van der Waals surface area contributed by atoms with Crippen molar-refractivity contribution in [3.63, 3.8) is 0 Å². The fourth-order valence-electron chi connectivity index (χ4n) is 2.86. The Bertz CT molecular complexity index is 1010. The van der Waals surface area contributed by atoms with Gasteiger partial charge >= 0.3 is 0 Å². The number of H-pyrrole nitrogens is 1. The number of methoxy groups -OCH3 is 2. The van der Waals surface area contributed by atoms with Gasteiger partial charge in [0.2, 0.25) is 0 Å². The van der Waals surface area contributed by atoms with Gasteiger partial charge in [-0.25, -0.2) is 4.98 Å². The molecule has 3 aromatic heterocycles. The lowest BCUT2D eigenvalue weighted by Crippen LogP contribution is -1.95. The van der Waals surface area contributed by atoms with Crippen LogP contribution < -0.4 is 9.47 Å². The van der Waals surface area contributed by atoms with Gasteiger partial charge in [0.05, 0.1) is 31.1 Å². The molecule has 124 valence electrons. The normalized spacial score (nSPS) is 10.8. The van der Waals surface area contributed by atoms with Gasteiger partial charge in [0.1, 0.15) is 0 Å². The molecule has 0 fully saturated rings. The molecule has 0 spiro atoms. The summed E-state index contributed by atoms with van der Waals surface area (Å²) in [5.41, 5.74) is 4.57. The van der Waals surface area contributed by atoms with E-state index in [-0.39, 0.29) is 0 Å². The van der Waals surface area contributed by atoms with Crippen molar-refractivity contribution in [1.29, 1.82) is 0 Å². The Morgan fingerprint density at radius 1 is 0.880 bits per heavy atom. The Morgan fingerprint density at radius 3 is 2.32 bits per heavy atom. The fourth-order valence-corrected chi connectivity index (χ4v) is 2.86. The molecule has 1 aromatic carbocycles. The molecule has 0 amide bonds. The van der Waals surface area contributed by atoms with E-state index < -0.39 is 0 Å². The molecule has 0 saturated heterocycles. The Morgan fingerprint density at radius 2 is 1.64 bits per heavy atom. The maximum Gasteiger partial charge on any atom is 0.162 e. The number of hydrogen-bond donors (Lipinski definition) is 1. The molecule has 6 nitrogen and oxygen atoms in total. The van der Waals surface area contributed by atoms with Gasteiger partial charge < -0.3 is 9.47 Å². The summed E-state index contributed by atoms with van der Waals surface area (Å²) in [6.07, 6.45) is 5.26. The lowest BCUT2D eigenvalue weighted by Gasteiger charge is -2.13. The number of benzene rings is 1. The van der Waals surface area contributed by atoms with Gasteiger partial charge in [-0.1, -0.05) is 0 Å². The molecule has 0 aliphatic heterocycles. The van der Waals surface area contributed by atoms with E-state index in [0.717, 1.165) is 33.4 Å². The van der Waals surface area contributed by atoms with Crippen LogP contribution in [0.2, 0.25) is 0 Å². The number of pyridine rings is 2. The van der Waals surface area contributed by atoms with Crippen LogP contribution in [0.1, 0.15) is 0 Å². The molecule has 0 aliphatic rings. The lowest BCUT2D eigenvalue weighted by atomic mass is 10.00. The third-order valence-electron chi connectivity index (χ3n) is 4.08. The number of rotatable bonds is 4. The Hall–Kier alpha value is -3.41. The average Bonchev–Trinajstić information content (AvgIpc) is 3.21. The molecule has 0 unspecified atom stereocenters. The smallest absolute Gasteiger partial charge is 0.162 e. The highest BCUT2D eigenvalue weighted by atomic mass is 16.5. The highest BCUT2D eigenvalue weighted by Gasteiger charge is 2.14. The third-order valence-corrected chi connectivity index (χ3v) is 4.08. The van der Waals surface area contributed by atoms with Crippen molar-refractivity contribution in [3.05, 3.63) is 55.0 Å². The number of hydrogen-bond acceptors (Lipinski definition) is 5. The van der Waals surface area contributed by atoms with Crippen LogP contribution in [0.5, 0.6) is 11.5 Å². The predicted molar refractivity (Wildman–Crippen MR) is 95.7 cm³/mol. The molecule has 4 aromatic rings. The van der Waals surface area contributed by atoms with Crippen molar-refractivity contribution in [1.82, 2.24) is 20.2 Å². The fraction of sp³-hybridized carbons (Fsp3) is 0.105. The predicted octanol–water partition coefficient (Wildman–Crippen LogP) is 3.70. The quantitative estimate of drug-likeness (QED) is 0.617. The van der Waals surface area contributed by atoms with E-state index in [1.54, 1.807) is 32.8 Å². The van der Waals surface area contributed by atoms with Crippen LogP contribution in [0.3, 0.4) is 0 Å². The summed E-state index contributed by atoms with van der Waals surface area (Å²) in [5.74, 6) is 1.31. The van der Waals surface area contributed by atoms with Gasteiger partial charge in [-0.2, -0.15) is 5.10 Å². The first-order chi connectivity index (χ1) is 12.3. The second kappa shape index (κ2) is 6.24. The zero-order valence-corrected chi connectivity index (χ0v) is 13.9. The summed E-state index contributed by atoms with van der Waals surface area (Å²) < 4.78 is 10.9. The molecule has 0 atom stereocenters. The molecule has 4 rings (SSSR count). The van der Waals surface area contributed by atoms with Crippen molar-refractivity contribution in [2.45, 2.75) is 0 Å². The summed E-state index contributed by atoms with van der Waals surface area (Å²) in [5, 5.41) is 7.97. The molecule has 0 bridgehead atoms. The molecule has 25 heavy (non-hydrogen) atoms. The monoisotopic (exact) mass is 332 g/mol. The first kappa shape index (κ1) is 15.1. The van der Waals surface area contributed by atoms with Crippen molar-refractivity contribution in [3.8, 4) is 34.0 Å². The Balaban J connectivity index is 2.05. The van der Waals surface area contributed by atoms with Crippen LogP contribution >= 0.6 is 0 Å². The van der Waals surface area contributed by atoms with Crippen LogP contribution in [0.15, 0.2) is 55.0 Å². The van der Waals surface area contributed by atoms with Crippen LogP contribution in [0.4, 0.5) is 0 Å². The van der Waals surface area contributed by atoms with Crippen molar-refractivity contribution in [2.75, 3.05) is 14.2 Å². The highest BCUT2D eigenvalue weighted by Crippen LogP contribution is 2.37. The van der Waals surface area contributed by atoms with Gasteiger partial charge in [-0.05, 0) is 41.5 Å². The van der Waals surface area contributed by atoms with Gasteiger partial charge in [-0.3, -0.25) is 10.1 Å². The minimum absolute atomic E-state index is 0.643. The molecule has 0 radical (unpaired) electrons. The molecular weight excluding hydrogens is 316 g/mol. The molecule has 6 heteroatoms. The van der Waals surface area contributed by atoms with Crippen molar-refractivity contribution >= 4 is 10.9 Å². The minimum Gasteiger partial charge on any atom is -0.493 e. The first-order valence-electron chi connectivity index (χ1n) is 7.77. The summed E-state index contributed by atoms with van der Waals surface area (Å²) in [6, 6.07) is 11.7. The van der Waals surface area contributed by atoms with Crippen molar-refractivity contribution < 1.29 is 9.47 Å². The van der Waals surface area contributed by atoms with E-state index in [1.165, 1.54) is 0 Å². The summed E-state index contributed by atoms with van der Waals surface area (Å²) in [7, 11) is 3.24. The van der Waals surface area contributed by atoms with Crippen LogP contribution in [0, 0.1) is 0 Å². The van der Waals surface area contributed by atoms with Crippen LogP contribution in [0.25, 0.3) is 33.4 Å². The Kier molecular flexibility index (Phi) is 3.78. The largest absolute Gasteiger partial charge is 0.493 e. The SMILES string of the molecule is COc1cc2nc(-c3ccn[nH]3)cc(-c3ccncc3)c2cc1OC. The topological polar surface area (TPSA) is 72.9 Å². The van der Waals surface area contributed by atoms with E-state index >= 15 is 0 Å². The summed E-state index contributed by atoms with van der Waals surface area (Å²) in [6.45, 7) is 0. The number of nitrogens with one attached hydrogen (secondary N) is 1. The van der Waals surface area contributed by atoms with Gasteiger partial charge in [0.15, 0.2) is 11.5 Å². The molecular formula is C19H16N4O2. The Labute approximate surface area is 144 Å².